The van der Waals surface area contributed by atoms with Crippen LogP contribution in [-0.2, 0) is 0 Å². The third-order valence-corrected chi connectivity index (χ3v) is 4.16. The van der Waals surface area contributed by atoms with Gasteiger partial charge >= 0.3 is 0 Å². The van der Waals surface area contributed by atoms with Gasteiger partial charge in [-0.1, -0.05) is 13.8 Å². The quantitative estimate of drug-likeness (QED) is 0.756. The van der Waals surface area contributed by atoms with Crippen LogP contribution in [0.3, 0.4) is 0 Å². The monoisotopic (exact) mass is 266 g/mol. The van der Waals surface area contributed by atoms with E-state index in [-0.39, 0.29) is 11.6 Å². The van der Waals surface area contributed by atoms with Crippen molar-refractivity contribution in [2.24, 2.45) is 0 Å². The van der Waals surface area contributed by atoms with Crippen molar-refractivity contribution in [3.63, 3.8) is 0 Å². The van der Waals surface area contributed by atoms with Crippen molar-refractivity contribution in [3.8, 4) is 0 Å². The number of thioether (sulfide) groups is 1. The predicted octanol–water partition coefficient (Wildman–Crippen LogP) is 4.29. The van der Waals surface area contributed by atoms with E-state index in [2.05, 4.69) is 13.8 Å². The maximum absolute atomic E-state index is 13.0. The van der Waals surface area contributed by atoms with Crippen molar-refractivity contribution >= 4 is 28.5 Å². The zero-order valence-corrected chi connectivity index (χ0v) is 11.2. The molecule has 2 nitrogen and oxygen atoms in total. The summed E-state index contributed by atoms with van der Waals surface area (Å²) in [5, 5.41) is 1.09. The van der Waals surface area contributed by atoms with E-state index in [1.165, 1.54) is 12.1 Å². The summed E-state index contributed by atoms with van der Waals surface area (Å²) < 4.78 is 18.4. The summed E-state index contributed by atoms with van der Waals surface area (Å²) in [7, 11) is 0. The highest BCUT2D eigenvalue weighted by molar-refractivity contribution is 8.00. The van der Waals surface area contributed by atoms with E-state index < -0.39 is 0 Å². The number of rotatable bonds is 5. The molecule has 0 spiro atoms. The van der Waals surface area contributed by atoms with Crippen LogP contribution in [0.5, 0.6) is 0 Å². The normalized spacial score (nSPS) is 12.8. The minimum absolute atomic E-state index is 0.0445. The van der Waals surface area contributed by atoms with E-state index in [4.69, 9.17) is 4.42 Å². The van der Waals surface area contributed by atoms with Gasteiger partial charge in [0.25, 0.3) is 0 Å². The fraction of sp³-hybridized carbons (Fsp3) is 0.357. The average Bonchev–Trinajstić information content (AvgIpc) is 2.78. The average molecular weight is 266 g/mol. The number of halogens is 1. The highest BCUT2D eigenvalue weighted by atomic mass is 32.2. The molecule has 0 aliphatic heterocycles. The molecule has 2 rings (SSSR count). The Kier molecular flexibility index (Phi) is 4.07. The van der Waals surface area contributed by atoms with Crippen LogP contribution in [0.25, 0.3) is 11.0 Å². The zero-order valence-electron chi connectivity index (χ0n) is 10.4. The lowest BCUT2D eigenvalue weighted by atomic mass is 10.2. The van der Waals surface area contributed by atoms with Gasteiger partial charge in [0.1, 0.15) is 11.4 Å². The van der Waals surface area contributed by atoms with Gasteiger partial charge in [-0.2, -0.15) is 11.8 Å². The molecule has 0 saturated heterocycles. The lowest BCUT2D eigenvalue weighted by Gasteiger charge is -2.05. The molecule has 0 saturated carbocycles. The van der Waals surface area contributed by atoms with E-state index in [1.54, 1.807) is 23.9 Å². The number of furan rings is 1. The van der Waals surface area contributed by atoms with Crippen LogP contribution < -0.4 is 0 Å². The summed E-state index contributed by atoms with van der Waals surface area (Å²) in [4.78, 5) is 11.9. The molecule has 0 radical (unpaired) electrons. The first-order valence-electron chi connectivity index (χ1n) is 5.94. The van der Waals surface area contributed by atoms with E-state index in [0.717, 1.165) is 6.42 Å². The van der Waals surface area contributed by atoms with E-state index in [9.17, 15) is 9.18 Å². The fourth-order valence-corrected chi connectivity index (χ4v) is 2.37. The first-order chi connectivity index (χ1) is 8.60. The molecule has 0 aliphatic rings. The van der Waals surface area contributed by atoms with Crippen molar-refractivity contribution < 1.29 is 13.6 Å². The van der Waals surface area contributed by atoms with Crippen molar-refractivity contribution in [1.29, 1.82) is 0 Å². The van der Waals surface area contributed by atoms with Crippen LogP contribution in [0.15, 0.2) is 28.7 Å². The van der Waals surface area contributed by atoms with Crippen molar-refractivity contribution in [2.75, 3.05) is 5.75 Å². The van der Waals surface area contributed by atoms with E-state index >= 15 is 0 Å². The number of hydrogen-bond donors (Lipinski definition) is 0. The minimum Gasteiger partial charge on any atom is -0.453 e. The molecule has 0 aliphatic carbocycles. The predicted molar refractivity (Wildman–Crippen MR) is 72.7 cm³/mol. The smallest absolute Gasteiger partial charge is 0.207 e. The Hall–Kier alpha value is -1.29. The Morgan fingerprint density at radius 3 is 2.94 bits per heavy atom. The number of ketones is 1. The summed E-state index contributed by atoms with van der Waals surface area (Å²) in [6.45, 7) is 4.18. The molecule has 2 aromatic rings. The van der Waals surface area contributed by atoms with Gasteiger partial charge in [0, 0.05) is 10.6 Å². The molecule has 1 aromatic carbocycles. The third kappa shape index (κ3) is 2.93. The summed E-state index contributed by atoms with van der Waals surface area (Å²) in [6, 6.07) is 5.85. The van der Waals surface area contributed by atoms with Crippen molar-refractivity contribution in [1.82, 2.24) is 0 Å². The number of hydrogen-bond acceptors (Lipinski definition) is 3. The van der Waals surface area contributed by atoms with Gasteiger partial charge in [-0.25, -0.2) is 4.39 Å². The van der Waals surface area contributed by atoms with Crippen LogP contribution >= 0.6 is 11.8 Å². The highest BCUT2D eigenvalue weighted by Gasteiger charge is 2.14. The molecule has 1 aromatic heterocycles. The number of carbonyl (C=O) groups excluding carboxylic acids is 1. The second-order valence-electron chi connectivity index (χ2n) is 4.25. The van der Waals surface area contributed by atoms with Gasteiger partial charge in [0.05, 0.1) is 5.75 Å². The van der Waals surface area contributed by atoms with Gasteiger partial charge in [-0.3, -0.25) is 4.79 Å². The summed E-state index contributed by atoms with van der Waals surface area (Å²) in [6.07, 6.45) is 1.03. The maximum atomic E-state index is 13.0. The first-order valence-corrected chi connectivity index (χ1v) is 6.99. The summed E-state index contributed by atoms with van der Waals surface area (Å²) >= 11 is 1.61. The zero-order chi connectivity index (χ0) is 13.1. The molecular weight excluding hydrogens is 251 g/mol. The Balaban J connectivity index is 2.13. The molecule has 0 amide bonds. The Labute approximate surface area is 110 Å². The maximum Gasteiger partial charge on any atom is 0.207 e. The van der Waals surface area contributed by atoms with Gasteiger partial charge in [-0.15, -0.1) is 0 Å². The van der Waals surface area contributed by atoms with Crippen LogP contribution in [0.1, 0.15) is 30.8 Å². The molecular formula is C14H15FO2S. The largest absolute Gasteiger partial charge is 0.453 e. The highest BCUT2D eigenvalue weighted by Crippen LogP contribution is 2.22. The molecule has 96 valence electrons. The van der Waals surface area contributed by atoms with E-state index in [0.29, 0.717) is 27.7 Å². The van der Waals surface area contributed by atoms with Crippen LogP contribution in [0.2, 0.25) is 0 Å². The standard InChI is InChI=1S/C14H15FO2S/c1-3-9(2)18-8-12(16)14-7-10-6-11(15)4-5-13(10)17-14/h4-7,9H,3,8H2,1-2H3. The molecule has 1 unspecified atom stereocenters. The molecule has 1 atom stereocenters. The van der Waals surface area contributed by atoms with Gasteiger partial charge in [0.2, 0.25) is 5.78 Å². The lowest BCUT2D eigenvalue weighted by molar-refractivity contribution is 0.0994. The van der Waals surface area contributed by atoms with Gasteiger partial charge < -0.3 is 4.42 Å². The SMILES string of the molecule is CCC(C)SCC(=O)c1cc2cc(F)ccc2o1. The van der Waals surface area contributed by atoms with Gasteiger partial charge in [0.15, 0.2) is 5.76 Å². The molecule has 0 N–H and O–H groups in total. The molecule has 1 heterocycles. The topological polar surface area (TPSA) is 30.2 Å². The Morgan fingerprint density at radius 2 is 2.22 bits per heavy atom. The van der Waals surface area contributed by atoms with E-state index in [1.807, 2.05) is 0 Å². The molecule has 18 heavy (non-hydrogen) atoms. The molecule has 0 bridgehead atoms. The Bertz CT molecular complexity index is 562. The fourth-order valence-electron chi connectivity index (χ4n) is 1.56. The second-order valence-corrected chi connectivity index (χ2v) is 5.67. The summed E-state index contributed by atoms with van der Waals surface area (Å²) in [5.41, 5.74) is 0.549. The number of Topliss-reactive ketones (excluding diaryl/α,β-unsaturated/α-hetero) is 1. The number of fused-ring (bicyclic) bond motifs is 1. The summed E-state index contributed by atoms with van der Waals surface area (Å²) in [5.74, 6) is 0.344. The first kappa shape index (κ1) is 13.1. The number of carbonyl (C=O) groups is 1. The van der Waals surface area contributed by atoms with Crippen molar-refractivity contribution in [2.45, 2.75) is 25.5 Å². The molecule has 0 fully saturated rings. The lowest BCUT2D eigenvalue weighted by Crippen LogP contribution is -2.04. The number of benzene rings is 1. The van der Waals surface area contributed by atoms with Crippen LogP contribution in [0.4, 0.5) is 4.39 Å². The van der Waals surface area contributed by atoms with Crippen LogP contribution in [0, 0.1) is 5.82 Å². The van der Waals surface area contributed by atoms with Gasteiger partial charge in [-0.05, 0) is 30.7 Å². The van der Waals surface area contributed by atoms with Crippen molar-refractivity contribution in [3.05, 3.63) is 35.8 Å². The Morgan fingerprint density at radius 1 is 1.44 bits per heavy atom. The third-order valence-electron chi connectivity index (χ3n) is 2.83. The minimum atomic E-state index is -0.323. The van der Waals surface area contributed by atoms with Crippen LogP contribution in [-0.4, -0.2) is 16.8 Å². The second kappa shape index (κ2) is 5.57. The molecule has 4 heteroatoms.